The summed E-state index contributed by atoms with van der Waals surface area (Å²) in [6.07, 6.45) is 2.05. The smallest absolute Gasteiger partial charge is 0.387 e. The molecule has 0 fully saturated rings. The second-order valence-electron chi connectivity index (χ2n) is 5.26. The Hall–Kier alpha value is -2.19. The van der Waals surface area contributed by atoms with Crippen molar-refractivity contribution in [3.63, 3.8) is 0 Å². The molecule has 1 aromatic carbocycles. The first-order valence-corrected chi connectivity index (χ1v) is 8.00. The van der Waals surface area contributed by atoms with Crippen LogP contribution in [-0.4, -0.2) is 23.6 Å². The van der Waals surface area contributed by atoms with Crippen molar-refractivity contribution >= 4 is 34.8 Å². The Morgan fingerprint density at radius 2 is 1.69 bits per heavy atom. The minimum absolute atomic E-state index is 0.0342. The summed E-state index contributed by atoms with van der Waals surface area (Å²) in [4.78, 5) is 16.1. The molecule has 2 aromatic rings. The van der Waals surface area contributed by atoms with Crippen LogP contribution >= 0.6 is 23.2 Å². The highest BCUT2D eigenvalue weighted by Gasteiger charge is 2.21. The van der Waals surface area contributed by atoms with E-state index in [2.05, 4.69) is 15.0 Å². The Balaban J connectivity index is 2.40. The first kappa shape index (κ1) is 20.1. The van der Waals surface area contributed by atoms with Gasteiger partial charge in [-0.3, -0.25) is 9.78 Å². The number of hydrogen-bond donors (Lipinski definition) is 1. The zero-order valence-corrected chi connectivity index (χ0v) is 15.0. The van der Waals surface area contributed by atoms with Gasteiger partial charge in [0.05, 0.1) is 27.4 Å². The molecule has 0 aliphatic heterocycles. The lowest BCUT2D eigenvalue weighted by atomic mass is 10.1. The van der Waals surface area contributed by atoms with Gasteiger partial charge in [-0.25, -0.2) is 4.39 Å². The minimum Gasteiger partial charge on any atom is -0.487 e. The van der Waals surface area contributed by atoms with Gasteiger partial charge < -0.3 is 14.8 Å². The monoisotopic (exact) mass is 408 g/mol. The molecule has 0 saturated heterocycles. The first-order chi connectivity index (χ1) is 12.2. The van der Waals surface area contributed by atoms with Crippen LogP contribution in [-0.2, 0) is 0 Å². The Morgan fingerprint density at radius 3 is 2.23 bits per heavy atom. The number of nitrogens with zero attached hydrogens (tertiary/aromatic N) is 1. The number of pyridine rings is 1. The topological polar surface area (TPSA) is 60.5 Å². The van der Waals surface area contributed by atoms with Gasteiger partial charge in [-0.05, 0) is 19.9 Å². The van der Waals surface area contributed by atoms with Crippen molar-refractivity contribution < 1.29 is 27.4 Å². The Kier molecular flexibility index (Phi) is 6.55. The van der Waals surface area contributed by atoms with E-state index in [9.17, 15) is 18.0 Å². The first-order valence-electron chi connectivity index (χ1n) is 7.24. The number of anilines is 1. The van der Waals surface area contributed by atoms with Crippen molar-refractivity contribution in [1.29, 1.82) is 0 Å². The molecule has 1 N–H and O–H groups in total. The summed E-state index contributed by atoms with van der Waals surface area (Å²) >= 11 is 11.8. The summed E-state index contributed by atoms with van der Waals surface area (Å²) in [6, 6.07) is 1.61. The van der Waals surface area contributed by atoms with Crippen LogP contribution in [0.5, 0.6) is 11.5 Å². The number of hydrogen-bond acceptors (Lipinski definition) is 4. The second kappa shape index (κ2) is 8.46. The van der Waals surface area contributed by atoms with Gasteiger partial charge in [0, 0.05) is 18.5 Å². The predicted octanol–water partition coefficient (Wildman–Crippen LogP) is 5.17. The van der Waals surface area contributed by atoms with Crippen LogP contribution in [0.15, 0.2) is 24.5 Å². The summed E-state index contributed by atoms with van der Waals surface area (Å²) in [6.45, 7) is 0.0791. The zero-order chi connectivity index (χ0) is 19.4. The number of rotatable bonds is 6. The third-order valence-corrected chi connectivity index (χ3v) is 3.52. The fourth-order valence-electron chi connectivity index (χ4n) is 1.95. The second-order valence-corrected chi connectivity index (χ2v) is 6.07. The molecular weight excluding hydrogens is 396 g/mol. The summed E-state index contributed by atoms with van der Waals surface area (Å²) in [5.41, 5.74) is -0.432. The van der Waals surface area contributed by atoms with Crippen LogP contribution in [0.25, 0.3) is 0 Å². The molecule has 140 valence electrons. The number of carbonyl (C=O) groups excluding carboxylic acids is 1. The number of halogens is 5. The van der Waals surface area contributed by atoms with E-state index in [1.165, 1.54) is 12.4 Å². The van der Waals surface area contributed by atoms with E-state index in [4.69, 9.17) is 27.9 Å². The zero-order valence-electron chi connectivity index (χ0n) is 13.5. The van der Waals surface area contributed by atoms with Crippen molar-refractivity contribution in [2.75, 3.05) is 5.32 Å². The van der Waals surface area contributed by atoms with Gasteiger partial charge >= 0.3 is 6.61 Å². The lowest BCUT2D eigenvalue weighted by molar-refractivity contribution is -0.0520. The van der Waals surface area contributed by atoms with Crippen LogP contribution < -0.4 is 14.8 Å². The molecule has 26 heavy (non-hydrogen) atoms. The van der Waals surface area contributed by atoms with Crippen LogP contribution in [0, 0.1) is 5.82 Å². The van der Waals surface area contributed by atoms with E-state index >= 15 is 0 Å². The highest BCUT2D eigenvalue weighted by atomic mass is 35.5. The third kappa shape index (κ3) is 4.92. The molecule has 0 spiro atoms. The normalized spacial score (nSPS) is 11.0. The van der Waals surface area contributed by atoms with Crippen molar-refractivity contribution in [2.24, 2.45) is 0 Å². The van der Waals surface area contributed by atoms with Crippen LogP contribution in [0.1, 0.15) is 24.2 Å². The van der Waals surface area contributed by atoms with E-state index in [1.54, 1.807) is 13.8 Å². The minimum atomic E-state index is -3.18. The molecule has 0 aliphatic carbocycles. The quantitative estimate of drug-likeness (QED) is 0.716. The number of ether oxygens (including phenoxy) is 2. The molecule has 0 unspecified atom stereocenters. The summed E-state index contributed by atoms with van der Waals surface area (Å²) in [5.74, 6) is -2.73. The Bertz CT molecular complexity index is 799. The fraction of sp³-hybridized carbons (Fsp3) is 0.250. The van der Waals surface area contributed by atoms with Gasteiger partial charge in [0.15, 0.2) is 11.5 Å². The van der Waals surface area contributed by atoms with Gasteiger partial charge in [0.1, 0.15) is 5.82 Å². The summed E-state index contributed by atoms with van der Waals surface area (Å²) < 4.78 is 48.8. The molecule has 1 heterocycles. The lowest BCUT2D eigenvalue weighted by Crippen LogP contribution is -2.16. The van der Waals surface area contributed by atoms with E-state index < -0.39 is 35.8 Å². The highest BCUT2D eigenvalue weighted by Crippen LogP contribution is 2.34. The number of carbonyl (C=O) groups is 1. The van der Waals surface area contributed by atoms with E-state index in [-0.39, 0.29) is 21.5 Å². The molecule has 0 bridgehead atoms. The third-order valence-electron chi connectivity index (χ3n) is 2.95. The maximum atomic E-state index is 14.3. The van der Waals surface area contributed by atoms with E-state index in [0.717, 1.165) is 6.07 Å². The summed E-state index contributed by atoms with van der Waals surface area (Å²) in [7, 11) is 0. The lowest BCUT2D eigenvalue weighted by Gasteiger charge is -2.16. The molecule has 2 rings (SSSR count). The number of nitrogens with one attached hydrogen (secondary N) is 1. The average Bonchev–Trinajstić information content (AvgIpc) is 2.52. The SMILES string of the molecule is CC(C)Oc1cc(C(=O)Nc2c(Cl)cncc2Cl)c(F)cc1OC(F)F. The molecular formula is C16H13Cl2F3N2O3. The van der Waals surface area contributed by atoms with Crippen molar-refractivity contribution in [3.8, 4) is 11.5 Å². The molecule has 0 atom stereocenters. The molecule has 0 saturated carbocycles. The van der Waals surface area contributed by atoms with Crippen molar-refractivity contribution in [2.45, 2.75) is 26.6 Å². The maximum absolute atomic E-state index is 14.3. The highest BCUT2D eigenvalue weighted by molar-refractivity contribution is 6.39. The summed E-state index contributed by atoms with van der Waals surface area (Å²) in [5, 5.41) is 2.44. The number of alkyl halides is 2. The van der Waals surface area contributed by atoms with Crippen molar-refractivity contribution in [1.82, 2.24) is 4.98 Å². The van der Waals surface area contributed by atoms with E-state index in [1.807, 2.05) is 0 Å². The molecule has 5 nitrogen and oxygen atoms in total. The fourth-order valence-corrected chi connectivity index (χ4v) is 2.41. The largest absolute Gasteiger partial charge is 0.487 e. The number of aromatic nitrogens is 1. The van der Waals surface area contributed by atoms with Crippen molar-refractivity contribution in [3.05, 3.63) is 46.0 Å². The van der Waals surface area contributed by atoms with Gasteiger partial charge in [0.25, 0.3) is 5.91 Å². The van der Waals surface area contributed by atoms with Gasteiger partial charge in [0.2, 0.25) is 0 Å². The molecule has 0 radical (unpaired) electrons. The van der Waals surface area contributed by atoms with Gasteiger partial charge in [-0.2, -0.15) is 8.78 Å². The molecule has 10 heteroatoms. The Morgan fingerprint density at radius 1 is 1.12 bits per heavy atom. The van der Waals surface area contributed by atoms with Gasteiger partial charge in [-0.1, -0.05) is 23.2 Å². The van der Waals surface area contributed by atoms with Crippen LogP contribution in [0.3, 0.4) is 0 Å². The number of benzene rings is 1. The number of amides is 1. The van der Waals surface area contributed by atoms with Gasteiger partial charge in [-0.15, -0.1) is 0 Å². The molecule has 1 aromatic heterocycles. The van der Waals surface area contributed by atoms with E-state index in [0.29, 0.717) is 6.07 Å². The maximum Gasteiger partial charge on any atom is 0.387 e. The molecule has 1 amide bonds. The molecule has 0 aliphatic rings. The Labute approximate surface area is 157 Å². The average molecular weight is 409 g/mol. The van der Waals surface area contributed by atoms with Crippen LogP contribution in [0.2, 0.25) is 10.0 Å². The predicted molar refractivity (Wildman–Crippen MR) is 91.0 cm³/mol. The standard InChI is InChI=1S/C16H13Cl2F3N2O3/c1-7(2)25-12-3-8(11(19)4-13(12)26-16(20)21)15(24)23-14-9(17)5-22-6-10(14)18/h3-7,16H,1-2H3,(H,22,23,24). The van der Waals surface area contributed by atoms with Crippen LogP contribution in [0.4, 0.5) is 18.9 Å².